The lowest BCUT2D eigenvalue weighted by atomic mass is 10.0. The quantitative estimate of drug-likeness (QED) is 0.475. The first kappa shape index (κ1) is 9.30. The number of rotatable bonds is 1. The van der Waals surface area contributed by atoms with Gasteiger partial charge in [0.2, 0.25) is 0 Å². The lowest BCUT2D eigenvalue weighted by Crippen LogP contribution is -2.42. The third-order valence-corrected chi connectivity index (χ3v) is 2.59. The molecule has 1 atom stereocenters. The van der Waals surface area contributed by atoms with Crippen LogP contribution < -0.4 is 22.1 Å². The van der Waals surface area contributed by atoms with Crippen molar-refractivity contribution in [1.82, 2.24) is 10.6 Å². The molecule has 4 heteroatoms. The van der Waals surface area contributed by atoms with Gasteiger partial charge in [-0.25, -0.2) is 0 Å². The largest absolute Gasteiger partial charge is 0.397 e. The summed E-state index contributed by atoms with van der Waals surface area (Å²) in [5, 5.41) is 6.73. The van der Waals surface area contributed by atoms with E-state index in [1.807, 2.05) is 18.2 Å². The SMILES string of the molecule is Nc1cccc(C2CNCCN2)c1N. The molecule has 1 aliphatic heterocycles. The molecule has 0 saturated carbocycles. The molecule has 1 saturated heterocycles. The second-order valence-electron chi connectivity index (χ2n) is 3.56. The molecule has 1 aromatic rings. The number of para-hydroxylation sites is 1. The van der Waals surface area contributed by atoms with Gasteiger partial charge in [-0.15, -0.1) is 0 Å². The standard InChI is InChI=1S/C10H16N4/c11-8-3-1-2-7(10(8)12)9-6-13-4-5-14-9/h1-3,9,13-14H,4-6,11-12H2. The molecule has 6 N–H and O–H groups in total. The van der Waals surface area contributed by atoms with Gasteiger partial charge in [0, 0.05) is 25.7 Å². The Morgan fingerprint density at radius 1 is 1.21 bits per heavy atom. The Kier molecular flexibility index (Phi) is 2.56. The van der Waals surface area contributed by atoms with Gasteiger partial charge in [-0.3, -0.25) is 0 Å². The van der Waals surface area contributed by atoms with Crippen LogP contribution >= 0.6 is 0 Å². The second-order valence-corrected chi connectivity index (χ2v) is 3.56. The molecule has 0 radical (unpaired) electrons. The van der Waals surface area contributed by atoms with Crippen LogP contribution in [0, 0.1) is 0 Å². The highest BCUT2D eigenvalue weighted by atomic mass is 15.1. The van der Waals surface area contributed by atoms with Crippen molar-refractivity contribution in [3.63, 3.8) is 0 Å². The smallest absolute Gasteiger partial charge is 0.0596 e. The van der Waals surface area contributed by atoms with E-state index in [4.69, 9.17) is 11.5 Å². The maximum absolute atomic E-state index is 5.92. The first-order valence-electron chi connectivity index (χ1n) is 4.87. The molecule has 1 aromatic carbocycles. The van der Waals surface area contributed by atoms with Gasteiger partial charge in [0.05, 0.1) is 11.4 Å². The van der Waals surface area contributed by atoms with Crippen molar-refractivity contribution in [3.05, 3.63) is 23.8 Å². The molecule has 1 unspecified atom stereocenters. The van der Waals surface area contributed by atoms with Gasteiger partial charge in [0.1, 0.15) is 0 Å². The molecule has 14 heavy (non-hydrogen) atoms. The van der Waals surface area contributed by atoms with Crippen molar-refractivity contribution in [2.75, 3.05) is 31.1 Å². The molecule has 1 aliphatic rings. The van der Waals surface area contributed by atoms with Crippen LogP contribution in [0.3, 0.4) is 0 Å². The first-order valence-corrected chi connectivity index (χ1v) is 4.87. The summed E-state index contributed by atoms with van der Waals surface area (Å²) in [6, 6.07) is 6.08. The summed E-state index contributed by atoms with van der Waals surface area (Å²) in [5.41, 5.74) is 14.1. The summed E-state index contributed by atoms with van der Waals surface area (Å²) < 4.78 is 0. The number of nitrogen functional groups attached to an aromatic ring is 2. The van der Waals surface area contributed by atoms with Crippen molar-refractivity contribution >= 4 is 11.4 Å². The molecular formula is C10H16N4. The van der Waals surface area contributed by atoms with Crippen LogP contribution in [-0.4, -0.2) is 19.6 Å². The Labute approximate surface area is 83.7 Å². The van der Waals surface area contributed by atoms with E-state index in [-0.39, 0.29) is 6.04 Å². The van der Waals surface area contributed by atoms with Crippen LogP contribution in [0.2, 0.25) is 0 Å². The van der Waals surface area contributed by atoms with Gasteiger partial charge in [0.15, 0.2) is 0 Å². The zero-order valence-electron chi connectivity index (χ0n) is 8.09. The molecule has 0 aromatic heterocycles. The molecular weight excluding hydrogens is 176 g/mol. The summed E-state index contributed by atoms with van der Waals surface area (Å²) in [4.78, 5) is 0. The number of hydrogen-bond acceptors (Lipinski definition) is 4. The van der Waals surface area contributed by atoms with Gasteiger partial charge in [-0.2, -0.15) is 0 Å². The van der Waals surface area contributed by atoms with Gasteiger partial charge in [-0.05, 0) is 11.6 Å². The van der Waals surface area contributed by atoms with Gasteiger partial charge in [0.25, 0.3) is 0 Å². The number of nitrogens with two attached hydrogens (primary N) is 2. The Hall–Kier alpha value is -1.26. The van der Waals surface area contributed by atoms with E-state index in [2.05, 4.69) is 10.6 Å². The third kappa shape index (κ3) is 1.66. The number of nitrogens with one attached hydrogen (secondary N) is 2. The lowest BCUT2D eigenvalue weighted by molar-refractivity contribution is 0.431. The van der Waals surface area contributed by atoms with Crippen molar-refractivity contribution in [2.24, 2.45) is 0 Å². The number of benzene rings is 1. The Bertz CT molecular complexity index is 318. The predicted molar refractivity (Wildman–Crippen MR) is 58.9 cm³/mol. The number of hydrogen-bond donors (Lipinski definition) is 4. The van der Waals surface area contributed by atoms with E-state index in [1.54, 1.807) is 0 Å². The van der Waals surface area contributed by atoms with Crippen LogP contribution in [0.4, 0.5) is 11.4 Å². The van der Waals surface area contributed by atoms with Gasteiger partial charge >= 0.3 is 0 Å². The lowest BCUT2D eigenvalue weighted by Gasteiger charge is -2.26. The highest BCUT2D eigenvalue weighted by Gasteiger charge is 2.16. The molecule has 0 spiro atoms. The minimum absolute atomic E-state index is 0.284. The molecule has 2 rings (SSSR count). The first-order chi connectivity index (χ1) is 6.79. The number of anilines is 2. The van der Waals surface area contributed by atoms with E-state index in [9.17, 15) is 0 Å². The Morgan fingerprint density at radius 2 is 2.07 bits per heavy atom. The average molecular weight is 192 g/mol. The van der Waals surface area contributed by atoms with E-state index in [1.165, 1.54) is 0 Å². The van der Waals surface area contributed by atoms with E-state index >= 15 is 0 Å². The van der Waals surface area contributed by atoms with E-state index in [0.717, 1.165) is 25.2 Å². The van der Waals surface area contributed by atoms with Gasteiger partial charge < -0.3 is 22.1 Å². The van der Waals surface area contributed by atoms with E-state index in [0.29, 0.717) is 11.4 Å². The minimum Gasteiger partial charge on any atom is -0.397 e. The van der Waals surface area contributed by atoms with Crippen molar-refractivity contribution < 1.29 is 0 Å². The Balaban J connectivity index is 2.26. The zero-order chi connectivity index (χ0) is 9.97. The minimum atomic E-state index is 0.284. The highest BCUT2D eigenvalue weighted by molar-refractivity contribution is 5.68. The van der Waals surface area contributed by atoms with Crippen LogP contribution in [0.15, 0.2) is 18.2 Å². The molecule has 1 fully saturated rings. The van der Waals surface area contributed by atoms with Crippen LogP contribution in [0.25, 0.3) is 0 Å². The summed E-state index contributed by atoms with van der Waals surface area (Å²) >= 11 is 0. The molecule has 0 aliphatic carbocycles. The average Bonchev–Trinajstić information content (AvgIpc) is 2.23. The van der Waals surface area contributed by atoms with E-state index < -0.39 is 0 Å². The number of piperazine rings is 1. The molecule has 76 valence electrons. The second kappa shape index (κ2) is 3.86. The maximum atomic E-state index is 5.92. The summed E-state index contributed by atoms with van der Waals surface area (Å²) in [5.74, 6) is 0. The monoisotopic (exact) mass is 192 g/mol. The maximum Gasteiger partial charge on any atom is 0.0596 e. The van der Waals surface area contributed by atoms with Crippen molar-refractivity contribution in [2.45, 2.75) is 6.04 Å². The summed E-state index contributed by atoms with van der Waals surface area (Å²) in [6.45, 7) is 2.89. The van der Waals surface area contributed by atoms with Crippen LogP contribution in [0.1, 0.15) is 11.6 Å². The zero-order valence-corrected chi connectivity index (χ0v) is 8.09. The summed E-state index contributed by atoms with van der Waals surface area (Å²) in [6.07, 6.45) is 0. The molecule has 0 amide bonds. The van der Waals surface area contributed by atoms with Crippen LogP contribution in [0.5, 0.6) is 0 Å². The summed E-state index contributed by atoms with van der Waals surface area (Å²) in [7, 11) is 0. The highest BCUT2D eigenvalue weighted by Crippen LogP contribution is 2.25. The fourth-order valence-electron chi connectivity index (χ4n) is 1.78. The topological polar surface area (TPSA) is 76.1 Å². The molecule has 0 bridgehead atoms. The van der Waals surface area contributed by atoms with Crippen molar-refractivity contribution in [1.29, 1.82) is 0 Å². The molecule has 1 heterocycles. The Morgan fingerprint density at radius 3 is 2.79 bits per heavy atom. The van der Waals surface area contributed by atoms with Gasteiger partial charge in [-0.1, -0.05) is 12.1 Å². The van der Waals surface area contributed by atoms with Crippen LogP contribution in [-0.2, 0) is 0 Å². The predicted octanol–water partition coefficient (Wildman–Crippen LogP) is 0.0849. The third-order valence-electron chi connectivity index (χ3n) is 2.59. The molecule has 4 nitrogen and oxygen atoms in total. The fourth-order valence-corrected chi connectivity index (χ4v) is 1.78. The normalized spacial score (nSPS) is 22.1. The van der Waals surface area contributed by atoms with Crippen molar-refractivity contribution in [3.8, 4) is 0 Å². The fraction of sp³-hybridized carbons (Fsp3) is 0.400.